The lowest BCUT2D eigenvalue weighted by molar-refractivity contribution is -0.370. The molecule has 0 aromatic heterocycles. The van der Waals surface area contributed by atoms with Crippen LogP contribution in [-0.2, 0) is 28.5 Å². The Hall–Kier alpha value is -1.98. The molecule has 2 saturated carbocycles. The summed E-state index contributed by atoms with van der Waals surface area (Å²) in [5.41, 5.74) is -1.37. The molecule has 3 unspecified atom stereocenters. The summed E-state index contributed by atoms with van der Waals surface area (Å²) in [5, 5.41) is 26.4. The van der Waals surface area contributed by atoms with E-state index in [4.69, 9.17) is 23.7 Å². The van der Waals surface area contributed by atoms with Crippen LogP contribution in [0.5, 0.6) is 0 Å². The molecular formula is C38H61NO9. The van der Waals surface area contributed by atoms with Gasteiger partial charge in [-0.15, -0.1) is 0 Å². The smallest absolute Gasteiger partial charge is 0.407 e. The Kier molecular flexibility index (Phi) is 9.60. The highest BCUT2D eigenvalue weighted by molar-refractivity contribution is 5.77. The molecule has 0 aromatic carbocycles. The van der Waals surface area contributed by atoms with Crippen LogP contribution in [0.2, 0.25) is 0 Å². The fourth-order valence-electron chi connectivity index (χ4n) is 11.0. The highest BCUT2D eigenvalue weighted by Crippen LogP contribution is 2.73. The Morgan fingerprint density at radius 1 is 1.12 bits per heavy atom. The van der Waals surface area contributed by atoms with E-state index in [2.05, 4.69) is 39.6 Å². The lowest BCUT2D eigenvalue weighted by Gasteiger charge is -2.68. The topological polar surface area (TPSA) is 133 Å². The van der Waals surface area contributed by atoms with Gasteiger partial charge in [-0.2, -0.15) is 0 Å². The Labute approximate surface area is 287 Å². The van der Waals surface area contributed by atoms with Crippen molar-refractivity contribution in [1.29, 1.82) is 0 Å². The number of alkyl carbamates (subject to hydrolysis) is 1. The SMILES string of the molecule is C=CC1O[C@H]2C[C@H]3OC[C@@]3(C)[C@H]3[C@H](C)[C@]4(C(C)(C)O)CC(OC(=O)C(O)[C@H](CC(C)C)NC(=O)OC(C)(C)C)C(C)=C4[C@H](C)[C@H](O1)[C@]23C. The van der Waals surface area contributed by atoms with Crippen molar-refractivity contribution in [3.8, 4) is 0 Å². The molecule has 0 aromatic rings. The Balaban J connectivity index is 1.54. The summed E-state index contributed by atoms with van der Waals surface area (Å²) in [6, 6.07) is -0.907. The summed E-state index contributed by atoms with van der Waals surface area (Å²) in [7, 11) is 0. The molecule has 0 spiro atoms. The van der Waals surface area contributed by atoms with Crippen LogP contribution in [0.1, 0.15) is 102 Å². The molecule has 2 heterocycles. The molecule has 4 fully saturated rings. The summed E-state index contributed by atoms with van der Waals surface area (Å²) in [6.45, 7) is 28.5. The van der Waals surface area contributed by atoms with Gasteiger partial charge in [0.25, 0.3) is 0 Å². The molecule has 48 heavy (non-hydrogen) atoms. The fraction of sp³-hybridized carbons (Fsp3) is 0.842. The van der Waals surface area contributed by atoms with E-state index in [9.17, 15) is 19.8 Å². The van der Waals surface area contributed by atoms with Crippen molar-refractivity contribution in [2.45, 2.75) is 156 Å². The van der Waals surface area contributed by atoms with E-state index in [0.717, 1.165) is 17.6 Å². The van der Waals surface area contributed by atoms with Crippen molar-refractivity contribution in [2.24, 2.45) is 39.9 Å². The average Bonchev–Trinajstić information content (AvgIpc) is 3.22. The molecule has 10 nitrogen and oxygen atoms in total. The normalized spacial score (nSPS) is 42.0. The van der Waals surface area contributed by atoms with Gasteiger partial charge in [-0.3, -0.25) is 0 Å². The van der Waals surface area contributed by atoms with Crippen LogP contribution >= 0.6 is 0 Å². The van der Waals surface area contributed by atoms with E-state index in [1.54, 1.807) is 26.8 Å². The summed E-state index contributed by atoms with van der Waals surface area (Å²) in [4.78, 5) is 26.5. The molecule has 3 aliphatic carbocycles. The average molecular weight is 676 g/mol. The minimum Gasteiger partial charge on any atom is -0.456 e. The number of aliphatic hydroxyl groups is 2. The molecule has 5 rings (SSSR count). The summed E-state index contributed by atoms with van der Waals surface area (Å²) in [5.74, 6) is -0.934. The lowest BCUT2D eigenvalue weighted by atomic mass is 9.44. The van der Waals surface area contributed by atoms with Crippen LogP contribution in [0, 0.1) is 39.9 Å². The molecule has 13 atom stereocenters. The van der Waals surface area contributed by atoms with E-state index in [1.165, 1.54) is 0 Å². The maximum atomic E-state index is 13.8. The third-order valence-corrected chi connectivity index (χ3v) is 12.7. The Morgan fingerprint density at radius 2 is 1.77 bits per heavy atom. The first kappa shape index (κ1) is 37.3. The molecule has 272 valence electrons. The van der Waals surface area contributed by atoms with E-state index in [0.29, 0.717) is 19.4 Å². The molecular weight excluding hydrogens is 614 g/mol. The third kappa shape index (κ3) is 5.75. The van der Waals surface area contributed by atoms with Gasteiger partial charge in [0, 0.05) is 35.0 Å². The first-order valence-corrected chi connectivity index (χ1v) is 17.9. The maximum absolute atomic E-state index is 13.8. The molecule has 1 amide bonds. The van der Waals surface area contributed by atoms with Gasteiger partial charge in [-0.05, 0) is 77.4 Å². The number of rotatable bonds is 8. The van der Waals surface area contributed by atoms with Crippen LogP contribution in [0.25, 0.3) is 0 Å². The van der Waals surface area contributed by atoms with Gasteiger partial charge in [0.15, 0.2) is 12.4 Å². The lowest BCUT2D eigenvalue weighted by Crippen LogP contribution is -2.73. The van der Waals surface area contributed by atoms with Crippen molar-refractivity contribution in [3.05, 3.63) is 23.8 Å². The van der Waals surface area contributed by atoms with E-state index < -0.39 is 53.2 Å². The number of amides is 1. The number of nitrogens with one attached hydrogen (secondary N) is 1. The van der Waals surface area contributed by atoms with Gasteiger partial charge in [-0.1, -0.05) is 53.7 Å². The number of carbonyl (C=O) groups is 2. The van der Waals surface area contributed by atoms with Crippen LogP contribution in [-0.4, -0.2) is 82.9 Å². The van der Waals surface area contributed by atoms with Crippen molar-refractivity contribution in [2.75, 3.05) is 6.61 Å². The Morgan fingerprint density at radius 3 is 2.29 bits per heavy atom. The number of aliphatic hydroxyl groups excluding tert-OH is 1. The zero-order chi connectivity index (χ0) is 35.9. The second-order valence-electron chi connectivity index (χ2n) is 17.8. The van der Waals surface area contributed by atoms with Crippen molar-refractivity contribution in [3.63, 3.8) is 0 Å². The summed E-state index contributed by atoms with van der Waals surface area (Å²) < 4.78 is 31.2. The van der Waals surface area contributed by atoms with E-state index in [-0.39, 0.29) is 52.8 Å². The van der Waals surface area contributed by atoms with Crippen LogP contribution in [0.3, 0.4) is 0 Å². The summed E-state index contributed by atoms with van der Waals surface area (Å²) in [6.07, 6.45) is -0.775. The molecule has 0 bridgehead atoms. The minimum absolute atomic E-state index is 0.0218. The monoisotopic (exact) mass is 675 g/mol. The number of carbonyl (C=O) groups excluding carboxylic acids is 2. The first-order chi connectivity index (χ1) is 22.0. The van der Waals surface area contributed by atoms with Crippen molar-refractivity contribution in [1.82, 2.24) is 5.32 Å². The van der Waals surface area contributed by atoms with Gasteiger partial charge in [0.05, 0.1) is 36.6 Å². The van der Waals surface area contributed by atoms with Gasteiger partial charge in [0.1, 0.15) is 11.7 Å². The number of hydrogen-bond donors (Lipinski definition) is 3. The quantitative estimate of drug-likeness (QED) is 0.219. The Bertz CT molecular complexity index is 1310. The first-order valence-electron chi connectivity index (χ1n) is 17.9. The van der Waals surface area contributed by atoms with E-state index in [1.807, 2.05) is 34.6 Å². The zero-order valence-corrected chi connectivity index (χ0v) is 31.2. The van der Waals surface area contributed by atoms with Gasteiger partial charge >= 0.3 is 12.1 Å². The van der Waals surface area contributed by atoms with Crippen LogP contribution in [0.4, 0.5) is 4.79 Å². The van der Waals surface area contributed by atoms with Crippen LogP contribution < -0.4 is 5.32 Å². The number of ether oxygens (including phenoxy) is 5. The largest absolute Gasteiger partial charge is 0.456 e. The molecule has 0 radical (unpaired) electrons. The standard InChI is InChI=1S/C38H61NO9/c1-14-27-46-26-16-25-36(12,18-44-25)30-22(6)38(35(10,11)43)17-24(20(4)28(38)21(5)31(47-27)37(26,30)13)45-32(41)29(40)23(15-19(2)3)39-33(42)48-34(7,8)9/h14,19,21-27,29-31,40,43H,1,15-18H2,2-13H3,(H,39,42)/t21-,22-,23-,24?,25+,26-,27?,29?,30+,31-,36+,37+,38+/m0/s1. The number of esters is 1. The third-order valence-electron chi connectivity index (χ3n) is 12.7. The summed E-state index contributed by atoms with van der Waals surface area (Å²) >= 11 is 0. The highest BCUT2D eigenvalue weighted by atomic mass is 16.7. The second kappa shape index (κ2) is 12.4. The molecule has 5 aliphatic rings. The molecule has 3 N–H and O–H groups in total. The molecule has 2 aliphatic heterocycles. The van der Waals surface area contributed by atoms with Crippen molar-refractivity contribution < 1.29 is 43.5 Å². The zero-order valence-electron chi connectivity index (χ0n) is 31.2. The van der Waals surface area contributed by atoms with Crippen LogP contribution in [0.15, 0.2) is 23.8 Å². The second-order valence-corrected chi connectivity index (χ2v) is 17.8. The molecule has 10 heteroatoms. The predicted octanol–water partition coefficient (Wildman–Crippen LogP) is 5.69. The fourth-order valence-corrected chi connectivity index (χ4v) is 11.0. The van der Waals surface area contributed by atoms with Gasteiger partial charge in [0.2, 0.25) is 0 Å². The van der Waals surface area contributed by atoms with Gasteiger partial charge < -0.3 is 39.2 Å². The number of hydrogen-bond acceptors (Lipinski definition) is 9. The number of fused-ring (bicyclic) bond motifs is 3. The molecule has 2 saturated heterocycles. The van der Waals surface area contributed by atoms with Crippen molar-refractivity contribution >= 4 is 12.1 Å². The minimum atomic E-state index is -1.61. The highest BCUT2D eigenvalue weighted by Gasteiger charge is 2.75. The maximum Gasteiger partial charge on any atom is 0.407 e. The predicted molar refractivity (Wildman–Crippen MR) is 181 cm³/mol. The van der Waals surface area contributed by atoms with E-state index >= 15 is 0 Å². The van der Waals surface area contributed by atoms with Gasteiger partial charge in [-0.25, -0.2) is 9.59 Å².